The van der Waals surface area contributed by atoms with Crippen molar-refractivity contribution in [1.82, 2.24) is 9.88 Å². The number of hydrogen-bond donors (Lipinski definition) is 1. The van der Waals surface area contributed by atoms with Crippen molar-refractivity contribution >= 4 is 0 Å². The van der Waals surface area contributed by atoms with Gasteiger partial charge in [-0.3, -0.25) is 9.88 Å². The summed E-state index contributed by atoms with van der Waals surface area (Å²) in [5.41, 5.74) is 10.6. The molecule has 1 aromatic heterocycles. The van der Waals surface area contributed by atoms with E-state index in [9.17, 15) is 0 Å². The van der Waals surface area contributed by atoms with E-state index in [-0.39, 0.29) is 0 Å². The van der Waals surface area contributed by atoms with E-state index in [1.807, 2.05) is 6.07 Å². The molecular formula is C16H21N3. The number of aryl methyl sites for hydroxylation is 1. The quantitative estimate of drug-likeness (QED) is 0.892. The second kappa shape index (κ2) is 6.45. The third-order valence-electron chi connectivity index (χ3n) is 3.32. The molecule has 2 N–H and O–H groups in total. The second-order valence-corrected chi connectivity index (χ2v) is 4.91. The van der Waals surface area contributed by atoms with Gasteiger partial charge in [0.05, 0.1) is 5.69 Å². The second-order valence-electron chi connectivity index (χ2n) is 4.91. The summed E-state index contributed by atoms with van der Waals surface area (Å²) >= 11 is 0. The van der Waals surface area contributed by atoms with Crippen molar-refractivity contribution in [3.05, 3.63) is 65.0 Å². The van der Waals surface area contributed by atoms with Crippen molar-refractivity contribution in [3.8, 4) is 0 Å². The van der Waals surface area contributed by atoms with Gasteiger partial charge < -0.3 is 5.73 Å². The molecular weight excluding hydrogens is 234 g/mol. The fraction of sp³-hybridized carbons (Fsp3) is 0.312. The van der Waals surface area contributed by atoms with Crippen LogP contribution in [-0.2, 0) is 19.6 Å². The van der Waals surface area contributed by atoms with Crippen LogP contribution in [0.3, 0.4) is 0 Å². The highest BCUT2D eigenvalue weighted by molar-refractivity contribution is 5.26. The van der Waals surface area contributed by atoms with E-state index in [1.165, 1.54) is 16.7 Å². The van der Waals surface area contributed by atoms with Crippen LogP contribution in [-0.4, -0.2) is 16.9 Å². The summed E-state index contributed by atoms with van der Waals surface area (Å²) in [6.45, 7) is 4.45. The predicted octanol–water partition coefficient (Wildman–Crippen LogP) is 2.48. The lowest BCUT2D eigenvalue weighted by molar-refractivity contribution is 0.317. The van der Waals surface area contributed by atoms with Gasteiger partial charge in [-0.15, -0.1) is 0 Å². The summed E-state index contributed by atoms with van der Waals surface area (Å²) in [4.78, 5) is 6.61. The van der Waals surface area contributed by atoms with Crippen LogP contribution < -0.4 is 5.73 Å². The Balaban J connectivity index is 2.05. The summed E-state index contributed by atoms with van der Waals surface area (Å²) in [5, 5.41) is 0. The Labute approximate surface area is 115 Å². The molecule has 2 aromatic rings. The first-order valence-corrected chi connectivity index (χ1v) is 6.56. The molecule has 1 heterocycles. The predicted molar refractivity (Wildman–Crippen MR) is 78.5 cm³/mol. The molecule has 0 aliphatic carbocycles. The van der Waals surface area contributed by atoms with E-state index in [2.05, 4.69) is 54.2 Å². The first-order chi connectivity index (χ1) is 9.20. The SMILES string of the molecule is Cc1ccccc1CN(C)Cc1cccnc1CN. The Morgan fingerprint density at radius 2 is 1.74 bits per heavy atom. The van der Waals surface area contributed by atoms with Gasteiger partial charge in [-0.05, 0) is 36.7 Å². The van der Waals surface area contributed by atoms with E-state index in [1.54, 1.807) is 6.20 Å². The zero-order valence-corrected chi connectivity index (χ0v) is 11.6. The van der Waals surface area contributed by atoms with Crippen LogP contribution in [0, 0.1) is 6.92 Å². The van der Waals surface area contributed by atoms with Crippen molar-refractivity contribution < 1.29 is 0 Å². The van der Waals surface area contributed by atoms with E-state index in [0.717, 1.165) is 18.8 Å². The molecule has 3 nitrogen and oxygen atoms in total. The Bertz CT molecular complexity index is 537. The van der Waals surface area contributed by atoms with Crippen LogP contribution in [0.5, 0.6) is 0 Å². The molecule has 100 valence electrons. The van der Waals surface area contributed by atoms with Gasteiger partial charge in [-0.1, -0.05) is 30.3 Å². The van der Waals surface area contributed by atoms with Gasteiger partial charge in [-0.2, -0.15) is 0 Å². The summed E-state index contributed by atoms with van der Waals surface area (Å²) in [7, 11) is 2.12. The number of hydrogen-bond acceptors (Lipinski definition) is 3. The number of aromatic nitrogens is 1. The number of rotatable bonds is 5. The van der Waals surface area contributed by atoms with E-state index < -0.39 is 0 Å². The van der Waals surface area contributed by atoms with Crippen LogP contribution >= 0.6 is 0 Å². The third-order valence-corrected chi connectivity index (χ3v) is 3.32. The van der Waals surface area contributed by atoms with Gasteiger partial charge in [-0.25, -0.2) is 0 Å². The smallest absolute Gasteiger partial charge is 0.0584 e. The summed E-state index contributed by atoms with van der Waals surface area (Å²) < 4.78 is 0. The molecule has 0 saturated carbocycles. The molecule has 1 aromatic carbocycles. The van der Waals surface area contributed by atoms with Crippen LogP contribution in [0.25, 0.3) is 0 Å². The van der Waals surface area contributed by atoms with Gasteiger partial charge in [0, 0.05) is 25.8 Å². The van der Waals surface area contributed by atoms with Gasteiger partial charge in [0.25, 0.3) is 0 Å². The van der Waals surface area contributed by atoms with Gasteiger partial charge in [0.15, 0.2) is 0 Å². The topological polar surface area (TPSA) is 42.2 Å². The number of nitrogens with zero attached hydrogens (tertiary/aromatic N) is 2. The minimum absolute atomic E-state index is 0.494. The fourth-order valence-corrected chi connectivity index (χ4v) is 2.22. The molecule has 0 unspecified atom stereocenters. The van der Waals surface area contributed by atoms with Crippen LogP contribution in [0.1, 0.15) is 22.4 Å². The van der Waals surface area contributed by atoms with E-state index >= 15 is 0 Å². The molecule has 0 aliphatic rings. The molecule has 0 bridgehead atoms. The maximum Gasteiger partial charge on any atom is 0.0584 e. The highest BCUT2D eigenvalue weighted by atomic mass is 15.1. The zero-order valence-electron chi connectivity index (χ0n) is 11.6. The molecule has 19 heavy (non-hydrogen) atoms. The van der Waals surface area contributed by atoms with Crippen LogP contribution in [0.4, 0.5) is 0 Å². The van der Waals surface area contributed by atoms with Crippen molar-refractivity contribution in [1.29, 1.82) is 0 Å². The van der Waals surface area contributed by atoms with Crippen molar-refractivity contribution in [3.63, 3.8) is 0 Å². The Hall–Kier alpha value is -1.71. The zero-order chi connectivity index (χ0) is 13.7. The number of benzene rings is 1. The Morgan fingerprint density at radius 3 is 2.47 bits per heavy atom. The lowest BCUT2D eigenvalue weighted by Crippen LogP contribution is -2.19. The molecule has 0 spiro atoms. The lowest BCUT2D eigenvalue weighted by Gasteiger charge is -2.19. The minimum Gasteiger partial charge on any atom is -0.325 e. The maximum atomic E-state index is 5.72. The Morgan fingerprint density at radius 1 is 1.05 bits per heavy atom. The van der Waals surface area contributed by atoms with E-state index in [4.69, 9.17) is 5.73 Å². The summed E-state index contributed by atoms with van der Waals surface area (Å²) in [6, 6.07) is 12.6. The largest absolute Gasteiger partial charge is 0.325 e. The van der Waals surface area contributed by atoms with Crippen LogP contribution in [0.2, 0.25) is 0 Å². The lowest BCUT2D eigenvalue weighted by atomic mass is 10.1. The molecule has 0 fully saturated rings. The first-order valence-electron chi connectivity index (χ1n) is 6.56. The van der Waals surface area contributed by atoms with E-state index in [0.29, 0.717) is 6.54 Å². The Kier molecular flexibility index (Phi) is 4.66. The number of pyridine rings is 1. The van der Waals surface area contributed by atoms with Gasteiger partial charge in [0.2, 0.25) is 0 Å². The summed E-state index contributed by atoms with van der Waals surface area (Å²) in [6.07, 6.45) is 1.80. The maximum absolute atomic E-state index is 5.72. The highest BCUT2D eigenvalue weighted by Gasteiger charge is 2.07. The van der Waals surface area contributed by atoms with Gasteiger partial charge >= 0.3 is 0 Å². The standard InChI is InChI=1S/C16H21N3/c1-13-6-3-4-7-14(13)11-19(2)12-15-8-5-9-18-16(15)10-17/h3-9H,10-12,17H2,1-2H3. The molecule has 3 heteroatoms. The molecule has 0 aliphatic heterocycles. The number of nitrogens with two attached hydrogens (primary N) is 1. The molecule has 0 amide bonds. The van der Waals surface area contributed by atoms with Crippen molar-refractivity contribution in [2.75, 3.05) is 7.05 Å². The molecule has 0 saturated heterocycles. The third kappa shape index (κ3) is 3.63. The minimum atomic E-state index is 0.494. The summed E-state index contributed by atoms with van der Waals surface area (Å²) in [5.74, 6) is 0. The fourth-order valence-electron chi connectivity index (χ4n) is 2.22. The van der Waals surface area contributed by atoms with Crippen molar-refractivity contribution in [2.45, 2.75) is 26.6 Å². The highest BCUT2D eigenvalue weighted by Crippen LogP contribution is 2.13. The molecule has 0 atom stereocenters. The molecule has 2 rings (SSSR count). The van der Waals surface area contributed by atoms with Crippen molar-refractivity contribution in [2.24, 2.45) is 5.73 Å². The monoisotopic (exact) mass is 255 g/mol. The average molecular weight is 255 g/mol. The normalized spacial score (nSPS) is 10.9. The molecule has 0 radical (unpaired) electrons. The average Bonchev–Trinajstić information content (AvgIpc) is 2.42. The van der Waals surface area contributed by atoms with Gasteiger partial charge in [0.1, 0.15) is 0 Å². The first kappa shape index (κ1) is 13.7. The van der Waals surface area contributed by atoms with Crippen LogP contribution in [0.15, 0.2) is 42.6 Å².